The number of aliphatic hydroxyl groups excluding tert-OH is 3. The van der Waals surface area contributed by atoms with E-state index in [0.717, 1.165) is 76.2 Å². The van der Waals surface area contributed by atoms with Gasteiger partial charge >= 0.3 is 0 Å². The van der Waals surface area contributed by atoms with Crippen molar-refractivity contribution in [3.8, 4) is 0 Å². The molecule has 8 nitrogen and oxygen atoms in total. The first-order valence-corrected chi connectivity index (χ1v) is 22.1. The normalized spacial score (nSPS) is 15.0. The molecule has 0 fully saturated rings. The van der Waals surface area contributed by atoms with Gasteiger partial charge in [0, 0.05) is 0 Å². The largest absolute Gasteiger partial charge is 0.390 e. The highest BCUT2D eigenvalue weighted by Crippen LogP contribution is 2.21. The Morgan fingerprint density at radius 2 is 1.00 bits per heavy atom. The summed E-state index contributed by atoms with van der Waals surface area (Å²) in [5.74, 6) is -0.327. The average molecular weight is 704 g/mol. The van der Waals surface area contributed by atoms with E-state index < -0.39 is 43.5 Å². The van der Waals surface area contributed by atoms with Crippen LogP contribution in [0.3, 0.4) is 0 Å². The lowest BCUT2D eigenvalue weighted by molar-refractivity contribution is -0.0221. The average Bonchev–Trinajstić information content (AvgIpc) is 3.05. The van der Waals surface area contributed by atoms with E-state index in [2.05, 4.69) is 25.5 Å². The fraction of sp³-hybridized carbons (Fsp3) is 0.838. The zero-order valence-electron chi connectivity index (χ0n) is 29.9. The number of aryl methyl sites for hydroxylation is 1. The molecule has 10 heteroatoms. The van der Waals surface area contributed by atoms with Gasteiger partial charge in [-0.3, -0.25) is 0 Å². The Kier molecular flexibility index (Phi) is 24.2. The van der Waals surface area contributed by atoms with Gasteiger partial charge in [0.05, 0.1) is 28.9 Å². The number of sulfonamides is 1. The Labute approximate surface area is 288 Å². The SMILES string of the molecule is CCCCCCCCCCCCCC[C@@H](O)[C@@H](O)[C@@H](NS(=O)(=O)c1ccc(CCCCC)cc1)C(O)S(=O)(=O)CCCCCCCC. The fourth-order valence-corrected chi connectivity index (χ4v) is 8.86. The van der Waals surface area contributed by atoms with Crippen molar-refractivity contribution in [2.75, 3.05) is 5.75 Å². The maximum atomic E-state index is 13.4. The summed E-state index contributed by atoms with van der Waals surface area (Å²) in [7, 11) is -8.51. The van der Waals surface area contributed by atoms with E-state index in [-0.39, 0.29) is 17.1 Å². The van der Waals surface area contributed by atoms with Gasteiger partial charge in [0.1, 0.15) is 0 Å². The van der Waals surface area contributed by atoms with Gasteiger partial charge in [0.15, 0.2) is 15.3 Å². The Balaban J connectivity index is 2.83. The number of hydrogen-bond acceptors (Lipinski definition) is 7. The molecule has 0 heterocycles. The molecule has 0 saturated heterocycles. The highest BCUT2D eigenvalue weighted by atomic mass is 32.2. The molecule has 1 unspecified atom stereocenters. The van der Waals surface area contributed by atoms with Gasteiger partial charge < -0.3 is 15.3 Å². The third-order valence-corrected chi connectivity index (χ3v) is 12.5. The summed E-state index contributed by atoms with van der Waals surface area (Å²) in [5, 5.41) is 33.1. The third-order valence-electron chi connectivity index (χ3n) is 9.17. The van der Waals surface area contributed by atoms with Crippen LogP contribution in [0.25, 0.3) is 0 Å². The first-order chi connectivity index (χ1) is 22.5. The Hall–Kier alpha value is -1.04. The van der Waals surface area contributed by atoms with Crippen molar-refractivity contribution in [2.45, 2.75) is 197 Å². The molecule has 0 aliphatic carbocycles. The number of hydrogen-bond donors (Lipinski definition) is 4. The van der Waals surface area contributed by atoms with Crippen LogP contribution in [0, 0.1) is 0 Å². The van der Waals surface area contributed by atoms with Gasteiger partial charge in [-0.15, -0.1) is 0 Å². The fourth-order valence-electron chi connectivity index (χ4n) is 5.99. The zero-order chi connectivity index (χ0) is 35.0. The first kappa shape index (κ1) is 44.0. The summed E-state index contributed by atoms with van der Waals surface area (Å²) in [6.07, 6.45) is 19.7. The third kappa shape index (κ3) is 19.1. The Morgan fingerprint density at radius 3 is 1.49 bits per heavy atom. The molecule has 0 aliphatic rings. The van der Waals surface area contributed by atoms with E-state index in [0.29, 0.717) is 19.3 Å². The molecule has 0 saturated carbocycles. The van der Waals surface area contributed by atoms with Crippen LogP contribution < -0.4 is 4.72 Å². The molecule has 0 aromatic heterocycles. The van der Waals surface area contributed by atoms with E-state index >= 15 is 0 Å². The van der Waals surface area contributed by atoms with Gasteiger partial charge in [0.2, 0.25) is 10.0 Å². The van der Waals surface area contributed by atoms with Gasteiger partial charge in [-0.1, -0.05) is 155 Å². The lowest BCUT2D eigenvalue weighted by Crippen LogP contribution is -2.57. The molecule has 4 atom stereocenters. The molecule has 4 N–H and O–H groups in total. The van der Waals surface area contributed by atoms with Gasteiger partial charge in [-0.2, -0.15) is 0 Å². The van der Waals surface area contributed by atoms with E-state index in [1.165, 1.54) is 63.5 Å². The summed E-state index contributed by atoms with van der Waals surface area (Å²) in [6, 6.07) is 4.54. The number of unbranched alkanes of at least 4 members (excludes halogenated alkanes) is 18. The summed E-state index contributed by atoms with van der Waals surface area (Å²) in [5.41, 5.74) is -1.21. The minimum atomic E-state index is -4.31. The van der Waals surface area contributed by atoms with E-state index in [4.69, 9.17) is 0 Å². The predicted octanol–water partition coefficient (Wildman–Crippen LogP) is 7.97. The van der Waals surface area contributed by atoms with Crippen molar-refractivity contribution in [2.24, 2.45) is 0 Å². The van der Waals surface area contributed by atoms with Gasteiger partial charge in [-0.05, 0) is 43.4 Å². The van der Waals surface area contributed by atoms with Crippen LogP contribution in [0.4, 0.5) is 0 Å². The van der Waals surface area contributed by atoms with Crippen molar-refractivity contribution >= 4 is 19.9 Å². The highest BCUT2D eigenvalue weighted by molar-refractivity contribution is 7.92. The minimum Gasteiger partial charge on any atom is -0.390 e. The second-order valence-corrected chi connectivity index (χ2v) is 17.4. The zero-order valence-corrected chi connectivity index (χ0v) is 31.5. The maximum Gasteiger partial charge on any atom is 0.241 e. The maximum absolute atomic E-state index is 13.4. The van der Waals surface area contributed by atoms with Crippen molar-refractivity contribution in [3.05, 3.63) is 29.8 Å². The standard InChI is InChI=1S/C37H69NO7S2/c1-4-7-10-12-14-15-16-17-18-19-20-23-26-34(39)36(40)35(37(41)46(42,43)31-24-21-13-11-8-5-2)38-47(44,45)33-29-27-32(28-30-33)25-22-9-6-3/h27-30,34-41H,4-26,31H2,1-3H3/t34-,35-,36-,37?/m1/s1. The Morgan fingerprint density at radius 1 is 0.574 bits per heavy atom. The van der Waals surface area contributed by atoms with Crippen LogP contribution >= 0.6 is 0 Å². The summed E-state index contributed by atoms with van der Waals surface area (Å²) in [6.45, 7) is 6.44. The molecule has 0 spiro atoms. The van der Waals surface area contributed by atoms with Crippen LogP contribution in [0.1, 0.15) is 168 Å². The molecule has 0 amide bonds. The van der Waals surface area contributed by atoms with Crippen molar-refractivity contribution in [3.63, 3.8) is 0 Å². The first-order valence-electron chi connectivity index (χ1n) is 18.9. The van der Waals surface area contributed by atoms with Gasteiger partial charge in [-0.25, -0.2) is 21.6 Å². The van der Waals surface area contributed by atoms with Crippen molar-refractivity contribution in [1.29, 1.82) is 0 Å². The number of aliphatic hydroxyl groups is 3. The van der Waals surface area contributed by atoms with Crippen LogP contribution in [0.15, 0.2) is 29.2 Å². The summed E-state index contributed by atoms with van der Waals surface area (Å²) >= 11 is 0. The molecule has 1 rings (SSSR count). The van der Waals surface area contributed by atoms with Crippen molar-refractivity contribution in [1.82, 2.24) is 4.72 Å². The number of benzene rings is 1. The molecule has 47 heavy (non-hydrogen) atoms. The molecule has 1 aromatic carbocycles. The van der Waals surface area contributed by atoms with Crippen LogP contribution in [-0.4, -0.2) is 61.6 Å². The molecule has 0 aliphatic heterocycles. The lowest BCUT2D eigenvalue weighted by Gasteiger charge is -2.31. The lowest BCUT2D eigenvalue weighted by atomic mass is 10.00. The van der Waals surface area contributed by atoms with Crippen LogP contribution in [-0.2, 0) is 26.3 Å². The molecular weight excluding hydrogens is 635 g/mol. The molecule has 0 bridgehead atoms. The quantitative estimate of drug-likeness (QED) is 0.0575. The summed E-state index contributed by atoms with van der Waals surface area (Å²) in [4.78, 5) is -0.0927. The second kappa shape index (κ2) is 25.9. The number of nitrogens with one attached hydrogen (secondary N) is 1. The molecular formula is C37H69NO7S2. The van der Waals surface area contributed by atoms with E-state index in [9.17, 15) is 32.2 Å². The molecule has 1 aromatic rings. The monoisotopic (exact) mass is 703 g/mol. The smallest absolute Gasteiger partial charge is 0.241 e. The van der Waals surface area contributed by atoms with Crippen molar-refractivity contribution < 1.29 is 32.2 Å². The number of sulfone groups is 1. The number of rotatable bonds is 31. The second-order valence-electron chi connectivity index (χ2n) is 13.5. The van der Waals surface area contributed by atoms with Crippen LogP contribution in [0.5, 0.6) is 0 Å². The van der Waals surface area contributed by atoms with Crippen LogP contribution in [0.2, 0.25) is 0 Å². The minimum absolute atomic E-state index is 0.0927. The highest BCUT2D eigenvalue weighted by Gasteiger charge is 2.41. The Bertz CT molecular complexity index is 1110. The topological polar surface area (TPSA) is 141 Å². The molecule has 276 valence electrons. The molecule has 0 radical (unpaired) electrons. The summed E-state index contributed by atoms with van der Waals surface area (Å²) < 4.78 is 55.4. The van der Waals surface area contributed by atoms with E-state index in [1.807, 2.05) is 0 Å². The predicted molar refractivity (Wildman–Crippen MR) is 195 cm³/mol. The van der Waals surface area contributed by atoms with Gasteiger partial charge in [0.25, 0.3) is 0 Å². The van der Waals surface area contributed by atoms with E-state index in [1.54, 1.807) is 12.1 Å².